The SMILES string of the molecule is C[C@]1(C(=O)O)CCN(C(=O)/C=C/c2cccs2)C1. The molecule has 0 saturated carbocycles. The smallest absolute Gasteiger partial charge is 0.311 e. The predicted molar refractivity (Wildman–Crippen MR) is 70.3 cm³/mol. The lowest BCUT2D eigenvalue weighted by Gasteiger charge is -2.18. The zero-order valence-electron chi connectivity index (χ0n) is 10.1. The third kappa shape index (κ3) is 2.61. The second-order valence-corrected chi connectivity index (χ2v) is 5.70. The van der Waals surface area contributed by atoms with Crippen LogP contribution in [0.2, 0.25) is 0 Å². The van der Waals surface area contributed by atoms with Crippen LogP contribution in [0.3, 0.4) is 0 Å². The number of likely N-dealkylation sites (tertiary alicyclic amines) is 1. The van der Waals surface area contributed by atoms with Gasteiger partial charge in [0.25, 0.3) is 0 Å². The molecule has 2 heterocycles. The van der Waals surface area contributed by atoms with Crippen LogP contribution in [0.25, 0.3) is 6.08 Å². The quantitative estimate of drug-likeness (QED) is 0.851. The predicted octanol–water partition coefficient (Wildman–Crippen LogP) is 2.08. The monoisotopic (exact) mass is 265 g/mol. The molecular formula is C13H15NO3S. The van der Waals surface area contributed by atoms with E-state index in [1.54, 1.807) is 29.2 Å². The van der Waals surface area contributed by atoms with Crippen molar-refractivity contribution >= 4 is 29.3 Å². The molecule has 0 aromatic carbocycles. The number of hydrogen-bond donors (Lipinski definition) is 1. The van der Waals surface area contributed by atoms with E-state index in [2.05, 4.69) is 0 Å². The second-order valence-electron chi connectivity index (χ2n) is 4.72. The van der Waals surface area contributed by atoms with E-state index in [0.29, 0.717) is 13.0 Å². The van der Waals surface area contributed by atoms with Gasteiger partial charge in [-0.1, -0.05) is 6.07 Å². The molecule has 1 amide bonds. The number of nitrogens with zero attached hydrogens (tertiary/aromatic N) is 1. The standard InChI is InChI=1S/C13H15NO3S/c1-13(12(16)17)6-7-14(9-13)11(15)5-4-10-3-2-8-18-10/h2-5,8H,6-7,9H2,1H3,(H,16,17)/b5-4+/t13-/m0/s1. The molecule has 1 aliphatic heterocycles. The Balaban J connectivity index is 1.98. The van der Waals surface area contributed by atoms with Crippen LogP contribution < -0.4 is 0 Å². The van der Waals surface area contributed by atoms with E-state index in [1.807, 2.05) is 17.5 Å². The van der Waals surface area contributed by atoms with Gasteiger partial charge in [-0.05, 0) is 30.9 Å². The van der Waals surface area contributed by atoms with Gasteiger partial charge in [0, 0.05) is 24.0 Å². The summed E-state index contributed by atoms with van der Waals surface area (Å²) in [4.78, 5) is 25.6. The Hall–Kier alpha value is -1.62. The maximum absolute atomic E-state index is 11.9. The maximum Gasteiger partial charge on any atom is 0.311 e. The molecule has 96 valence electrons. The van der Waals surface area contributed by atoms with E-state index >= 15 is 0 Å². The van der Waals surface area contributed by atoms with E-state index in [4.69, 9.17) is 5.11 Å². The fraction of sp³-hybridized carbons (Fsp3) is 0.385. The highest BCUT2D eigenvalue weighted by Crippen LogP contribution is 2.30. The molecule has 1 aromatic heterocycles. The van der Waals surface area contributed by atoms with Crippen molar-refractivity contribution in [2.45, 2.75) is 13.3 Å². The first-order chi connectivity index (χ1) is 8.51. The minimum Gasteiger partial charge on any atom is -0.481 e. The normalized spacial score (nSPS) is 23.7. The fourth-order valence-corrected chi connectivity index (χ4v) is 2.59. The molecule has 0 aliphatic carbocycles. The van der Waals surface area contributed by atoms with Gasteiger partial charge in [-0.3, -0.25) is 9.59 Å². The summed E-state index contributed by atoms with van der Waals surface area (Å²) in [6.45, 7) is 2.48. The van der Waals surface area contributed by atoms with Crippen molar-refractivity contribution in [2.75, 3.05) is 13.1 Å². The lowest BCUT2D eigenvalue weighted by Crippen LogP contribution is -2.34. The Kier molecular flexibility index (Phi) is 3.52. The first kappa shape index (κ1) is 12.8. The van der Waals surface area contributed by atoms with Crippen LogP contribution in [-0.2, 0) is 9.59 Å². The van der Waals surface area contributed by atoms with E-state index in [0.717, 1.165) is 4.88 Å². The van der Waals surface area contributed by atoms with E-state index in [9.17, 15) is 9.59 Å². The number of hydrogen-bond acceptors (Lipinski definition) is 3. The molecule has 1 atom stereocenters. The first-order valence-corrected chi connectivity index (χ1v) is 6.63. The number of thiophene rings is 1. The van der Waals surface area contributed by atoms with Crippen molar-refractivity contribution in [2.24, 2.45) is 5.41 Å². The van der Waals surface area contributed by atoms with Crippen molar-refractivity contribution in [3.8, 4) is 0 Å². The fourth-order valence-electron chi connectivity index (χ4n) is 1.97. The Morgan fingerprint density at radius 1 is 1.56 bits per heavy atom. The third-order valence-electron chi connectivity index (χ3n) is 3.23. The zero-order valence-corrected chi connectivity index (χ0v) is 10.9. The Bertz CT molecular complexity index is 480. The lowest BCUT2D eigenvalue weighted by molar-refractivity contribution is -0.147. The molecule has 18 heavy (non-hydrogen) atoms. The van der Waals surface area contributed by atoms with Crippen molar-refractivity contribution in [1.29, 1.82) is 0 Å². The number of carbonyl (C=O) groups excluding carboxylic acids is 1. The summed E-state index contributed by atoms with van der Waals surface area (Å²) < 4.78 is 0. The summed E-state index contributed by atoms with van der Waals surface area (Å²) in [6, 6.07) is 3.85. The third-order valence-corrected chi connectivity index (χ3v) is 4.07. The van der Waals surface area contributed by atoms with Crippen LogP contribution in [0.1, 0.15) is 18.2 Å². The van der Waals surface area contributed by atoms with Gasteiger partial charge in [-0.25, -0.2) is 0 Å². The summed E-state index contributed by atoms with van der Waals surface area (Å²) in [5.41, 5.74) is -0.799. The average Bonchev–Trinajstić information content (AvgIpc) is 2.95. The van der Waals surface area contributed by atoms with Crippen LogP contribution >= 0.6 is 11.3 Å². The minimum atomic E-state index is -0.833. The lowest BCUT2D eigenvalue weighted by atomic mass is 9.90. The Labute approximate surface area is 110 Å². The Morgan fingerprint density at radius 3 is 2.89 bits per heavy atom. The summed E-state index contributed by atoms with van der Waals surface area (Å²) in [5, 5.41) is 11.0. The number of carbonyl (C=O) groups is 2. The summed E-state index contributed by atoms with van der Waals surface area (Å²) in [7, 11) is 0. The topological polar surface area (TPSA) is 57.6 Å². The van der Waals surface area contributed by atoms with E-state index in [1.165, 1.54) is 6.08 Å². The molecule has 0 radical (unpaired) electrons. The van der Waals surface area contributed by atoms with Gasteiger partial charge in [-0.2, -0.15) is 0 Å². The highest BCUT2D eigenvalue weighted by Gasteiger charge is 2.41. The second kappa shape index (κ2) is 4.94. The molecule has 1 fully saturated rings. The van der Waals surface area contributed by atoms with Crippen LogP contribution in [0, 0.1) is 5.41 Å². The molecular weight excluding hydrogens is 250 g/mol. The molecule has 1 aromatic rings. The molecule has 5 heteroatoms. The largest absolute Gasteiger partial charge is 0.481 e. The molecule has 0 bridgehead atoms. The average molecular weight is 265 g/mol. The molecule has 1 N–H and O–H groups in total. The molecule has 1 aliphatic rings. The van der Waals surface area contributed by atoms with E-state index in [-0.39, 0.29) is 12.5 Å². The van der Waals surface area contributed by atoms with Crippen LogP contribution in [0.15, 0.2) is 23.6 Å². The molecule has 1 saturated heterocycles. The number of carboxylic acids is 1. The van der Waals surface area contributed by atoms with Gasteiger partial charge in [0.15, 0.2) is 0 Å². The molecule has 2 rings (SSSR count). The maximum atomic E-state index is 11.9. The highest BCUT2D eigenvalue weighted by molar-refractivity contribution is 7.10. The molecule has 0 spiro atoms. The minimum absolute atomic E-state index is 0.117. The van der Waals surface area contributed by atoms with Gasteiger partial charge in [-0.15, -0.1) is 11.3 Å². The van der Waals surface area contributed by atoms with Gasteiger partial charge in [0.05, 0.1) is 5.41 Å². The molecule has 0 unspecified atom stereocenters. The summed E-state index contributed by atoms with van der Waals surface area (Å²) in [5.74, 6) is -0.951. The molecule has 4 nitrogen and oxygen atoms in total. The number of rotatable bonds is 3. The van der Waals surface area contributed by atoms with E-state index < -0.39 is 11.4 Å². The van der Waals surface area contributed by atoms with Gasteiger partial charge < -0.3 is 10.0 Å². The summed E-state index contributed by atoms with van der Waals surface area (Å²) in [6.07, 6.45) is 3.80. The first-order valence-electron chi connectivity index (χ1n) is 5.75. The number of aliphatic carboxylic acids is 1. The van der Waals surface area contributed by atoms with Crippen molar-refractivity contribution in [3.63, 3.8) is 0 Å². The van der Waals surface area contributed by atoms with Crippen molar-refractivity contribution in [1.82, 2.24) is 4.90 Å². The Morgan fingerprint density at radius 2 is 2.33 bits per heavy atom. The highest BCUT2D eigenvalue weighted by atomic mass is 32.1. The number of amides is 1. The zero-order chi connectivity index (χ0) is 13.2. The van der Waals surface area contributed by atoms with Gasteiger partial charge in [0.2, 0.25) is 5.91 Å². The van der Waals surface area contributed by atoms with Crippen LogP contribution in [0.4, 0.5) is 0 Å². The van der Waals surface area contributed by atoms with Gasteiger partial charge in [0.1, 0.15) is 0 Å². The summed E-state index contributed by atoms with van der Waals surface area (Å²) >= 11 is 1.56. The van der Waals surface area contributed by atoms with Crippen molar-refractivity contribution < 1.29 is 14.7 Å². The van der Waals surface area contributed by atoms with Gasteiger partial charge >= 0.3 is 5.97 Å². The van der Waals surface area contributed by atoms with Crippen LogP contribution in [-0.4, -0.2) is 35.0 Å². The van der Waals surface area contributed by atoms with Crippen molar-refractivity contribution in [3.05, 3.63) is 28.5 Å². The van der Waals surface area contributed by atoms with Crippen LogP contribution in [0.5, 0.6) is 0 Å². The number of carboxylic acid groups (broad SMARTS) is 1.